The Morgan fingerprint density at radius 1 is 1.07 bits per heavy atom. The van der Waals surface area contributed by atoms with Gasteiger partial charge >= 0.3 is 5.97 Å². The van der Waals surface area contributed by atoms with E-state index in [1.165, 1.54) is 0 Å². The van der Waals surface area contributed by atoms with Gasteiger partial charge in [-0.25, -0.2) is 0 Å². The highest BCUT2D eigenvalue weighted by Crippen LogP contribution is 2.54. The molecule has 2 aliphatic carbocycles. The van der Waals surface area contributed by atoms with E-state index >= 15 is 0 Å². The first-order chi connectivity index (χ1) is 13.4. The third-order valence-corrected chi connectivity index (χ3v) is 7.58. The van der Waals surface area contributed by atoms with Gasteiger partial charge in [-0.2, -0.15) is 0 Å². The van der Waals surface area contributed by atoms with Crippen molar-refractivity contribution >= 4 is 17.6 Å². The molecule has 2 aliphatic rings. The van der Waals surface area contributed by atoms with Crippen LogP contribution in [0.5, 0.6) is 0 Å². The molecule has 0 spiro atoms. The average molecular weight is 421 g/mol. The maximum absolute atomic E-state index is 12.5. The third kappa shape index (κ3) is 7.14. The Balaban J connectivity index is 1.69. The summed E-state index contributed by atoms with van der Waals surface area (Å²) in [4.78, 5) is 10.5. The standard InChI is InChI=1S/C22H38ClFO4/c23-18-15-19(25)17(16(18)7-3-1-2-4-10-21(27)28)8-5-9-20(26)22(12-13-22)11-6-14-24/h16-20,25-26H,1-15H2,(H,27,28)/t16-,17-,18-,19-,20?/m1/s1. The maximum atomic E-state index is 12.5. The lowest BCUT2D eigenvalue weighted by atomic mass is 9.84. The van der Waals surface area contributed by atoms with Crippen molar-refractivity contribution in [1.29, 1.82) is 0 Å². The van der Waals surface area contributed by atoms with E-state index in [1.54, 1.807) is 0 Å². The summed E-state index contributed by atoms with van der Waals surface area (Å²) in [5.41, 5.74) is -0.0369. The van der Waals surface area contributed by atoms with Gasteiger partial charge in [-0.05, 0) is 75.0 Å². The number of halogens is 2. The van der Waals surface area contributed by atoms with Crippen LogP contribution >= 0.6 is 11.6 Å². The smallest absolute Gasteiger partial charge is 0.303 e. The second-order valence-electron chi connectivity index (χ2n) is 9.09. The molecule has 0 aromatic carbocycles. The first-order valence-corrected chi connectivity index (χ1v) is 11.6. The van der Waals surface area contributed by atoms with E-state index in [-0.39, 0.29) is 42.0 Å². The van der Waals surface area contributed by atoms with Gasteiger partial charge in [0.2, 0.25) is 0 Å². The minimum absolute atomic E-state index is 0.00303. The molecular formula is C22H38ClFO4. The Morgan fingerprint density at radius 2 is 1.75 bits per heavy atom. The molecule has 3 N–H and O–H groups in total. The first-order valence-electron chi connectivity index (χ1n) is 11.2. The number of hydrogen-bond donors (Lipinski definition) is 3. The average Bonchev–Trinajstić information content (AvgIpc) is 3.39. The van der Waals surface area contributed by atoms with Gasteiger partial charge in [0.1, 0.15) is 0 Å². The fraction of sp³-hybridized carbons (Fsp3) is 0.955. The van der Waals surface area contributed by atoms with Gasteiger partial charge in [-0.1, -0.05) is 25.7 Å². The molecule has 5 atom stereocenters. The van der Waals surface area contributed by atoms with Crippen LogP contribution in [-0.2, 0) is 4.79 Å². The van der Waals surface area contributed by atoms with Crippen molar-refractivity contribution in [3.8, 4) is 0 Å². The van der Waals surface area contributed by atoms with Gasteiger partial charge in [0.15, 0.2) is 0 Å². The first kappa shape index (κ1) is 23.9. The Morgan fingerprint density at radius 3 is 2.39 bits per heavy atom. The fourth-order valence-electron chi connectivity index (χ4n) is 5.13. The number of hydrogen-bond acceptors (Lipinski definition) is 3. The number of aliphatic hydroxyl groups is 2. The number of carboxylic acid groups (broad SMARTS) is 1. The van der Waals surface area contributed by atoms with Crippen molar-refractivity contribution in [3.05, 3.63) is 0 Å². The summed E-state index contributed by atoms with van der Waals surface area (Å²) in [7, 11) is 0. The number of alkyl halides is 2. The number of rotatable bonds is 15. The van der Waals surface area contributed by atoms with E-state index < -0.39 is 5.97 Å². The van der Waals surface area contributed by atoms with Crippen LogP contribution in [0, 0.1) is 17.3 Å². The monoisotopic (exact) mass is 420 g/mol. The molecular weight excluding hydrogens is 383 g/mol. The highest BCUT2D eigenvalue weighted by atomic mass is 35.5. The molecule has 2 rings (SSSR count). The molecule has 0 amide bonds. The molecule has 1 unspecified atom stereocenters. The van der Waals surface area contributed by atoms with Gasteiger partial charge in [-0.15, -0.1) is 11.6 Å². The van der Waals surface area contributed by atoms with Crippen LogP contribution in [0.15, 0.2) is 0 Å². The van der Waals surface area contributed by atoms with Crippen molar-refractivity contribution in [3.63, 3.8) is 0 Å². The minimum atomic E-state index is -0.736. The van der Waals surface area contributed by atoms with Crippen LogP contribution in [0.3, 0.4) is 0 Å². The molecule has 0 radical (unpaired) electrons. The zero-order chi connectivity index (χ0) is 20.6. The lowest BCUT2D eigenvalue weighted by Crippen LogP contribution is -2.24. The number of carbonyl (C=O) groups is 1. The molecule has 0 aromatic rings. The fourth-order valence-corrected chi connectivity index (χ4v) is 5.62. The van der Waals surface area contributed by atoms with Gasteiger partial charge in [-0.3, -0.25) is 9.18 Å². The topological polar surface area (TPSA) is 77.8 Å². The molecule has 0 aromatic heterocycles. The van der Waals surface area contributed by atoms with Crippen molar-refractivity contribution in [2.24, 2.45) is 17.3 Å². The summed E-state index contributed by atoms with van der Waals surface area (Å²) in [5.74, 6) is -0.246. The maximum Gasteiger partial charge on any atom is 0.303 e. The van der Waals surface area contributed by atoms with Gasteiger partial charge in [0.25, 0.3) is 0 Å². The van der Waals surface area contributed by atoms with Crippen LogP contribution in [-0.4, -0.2) is 45.5 Å². The zero-order valence-electron chi connectivity index (χ0n) is 17.0. The molecule has 0 heterocycles. The highest BCUT2D eigenvalue weighted by molar-refractivity contribution is 6.21. The molecule has 28 heavy (non-hydrogen) atoms. The summed E-state index contributed by atoms with van der Waals surface area (Å²) in [6.07, 6.45) is 10.6. The molecule has 2 fully saturated rings. The number of unbranched alkanes of at least 4 members (excludes halogenated alkanes) is 3. The SMILES string of the molecule is O=C(O)CCCCCC[C@@H]1[C@@H](CCCC(O)C2(CCCF)CC2)[C@H](O)C[C@H]1Cl. The van der Waals surface area contributed by atoms with Gasteiger partial charge in [0.05, 0.1) is 18.9 Å². The molecule has 0 aliphatic heterocycles. The Hall–Kier alpha value is -0.390. The van der Waals surface area contributed by atoms with E-state index in [4.69, 9.17) is 16.7 Å². The van der Waals surface area contributed by atoms with E-state index in [0.29, 0.717) is 18.8 Å². The Bertz CT molecular complexity index is 471. The molecule has 0 bridgehead atoms. The second kappa shape index (κ2) is 11.7. The third-order valence-electron chi connectivity index (χ3n) is 7.08. The molecule has 164 valence electrons. The van der Waals surface area contributed by atoms with Gasteiger partial charge < -0.3 is 15.3 Å². The van der Waals surface area contributed by atoms with Crippen LogP contribution in [0.1, 0.15) is 89.9 Å². The Kier molecular flexibility index (Phi) is 9.99. The molecule has 2 saturated carbocycles. The number of aliphatic hydroxyl groups excluding tert-OH is 2. The lowest BCUT2D eigenvalue weighted by Gasteiger charge is -2.26. The highest BCUT2D eigenvalue weighted by Gasteiger charge is 2.48. The summed E-state index contributed by atoms with van der Waals surface area (Å²) < 4.78 is 12.5. The predicted octanol–water partition coefficient (Wildman–Crippen LogP) is 5.08. The number of carboxylic acids is 1. The summed E-state index contributed by atoms with van der Waals surface area (Å²) in [6.45, 7) is -0.308. The predicted molar refractivity (Wildman–Crippen MR) is 109 cm³/mol. The van der Waals surface area contributed by atoms with E-state index in [1.807, 2.05) is 0 Å². The minimum Gasteiger partial charge on any atom is -0.481 e. The normalized spacial score (nSPS) is 29.7. The van der Waals surface area contributed by atoms with E-state index in [0.717, 1.165) is 70.6 Å². The summed E-state index contributed by atoms with van der Waals surface area (Å²) in [6, 6.07) is 0. The molecule has 6 heteroatoms. The lowest BCUT2D eigenvalue weighted by molar-refractivity contribution is -0.137. The zero-order valence-corrected chi connectivity index (χ0v) is 17.8. The van der Waals surface area contributed by atoms with Crippen LogP contribution in [0.2, 0.25) is 0 Å². The van der Waals surface area contributed by atoms with Crippen LogP contribution < -0.4 is 0 Å². The quantitative estimate of drug-likeness (QED) is 0.255. The summed E-state index contributed by atoms with van der Waals surface area (Å²) >= 11 is 6.51. The van der Waals surface area contributed by atoms with Crippen molar-refractivity contribution in [2.75, 3.05) is 6.67 Å². The van der Waals surface area contributed by atoms with E-state index in [2.05, 4.69) is 0 Å². The molecule has 0 saturated heterocycles. The summed E-state index contributed by atoms with van der Waals surface area (Å²) in [5, 5.41) is 29.6. The van der Waals surface area contributed by atoms with Gasteiger partial charge in [0, 0.05) is 11.8 Å². The van der Waals surface area contributed by atoms with Crippen molar-refractivity contribution in [2.45, 2.75) is 107 Å². The largest absolute Gasteiger partial charge is 0.481 e. The van der Waals surface area contributed by atoms with Crippen molar-refractivity contribution < 1.29 is 24.5 Å². The van der Waals surface area contributed by atoms with Crippen LogP contribution in [0.4, 0.5) is 4.39 Å². The Labute approximate surface area is 173 Å². The van der Waals surface area contributed by atoms with E-state index in [9.17, 15) is 19.4 Å². The molecule has 4 nitrogen and oxygen atoms in total. The second-order valence-corrected chi connectivity index (χ2v) is 9.66. The van der Waals surface area contributed by atoms with Crippen LogP contribution in [0.25, 0.3) is 0 Å². The number of aliphatic carboxylic acids is 1. The van der Waals surface area contributed by atoms with Crippen molar-refractivity contribution in [1.82, 2.24) is 0 Å².